The fraction of sp³-hybridized carbons (Fsp3) is 0.154. The lowest BCUT2D eigenvalue weighted by Gasteiger charge is -2.07. The van der Waals surface area contributed by atoms with E-state index >= 15 is 0 Å². The van der Waals surface area contributed by atoms with E-state index < -0.39 is 20.9 Å². The van der Waals surface area contributed by atoms with Gasteiger partial charge >= 0.3 is 0 Å². The number of hydrogen-bond donors (Lipinski definition) is 1. The number of pyridine rings is 1. The van der Waals surface area contributed by atoms with Crippen LogP contribution in [0.5, 0.6) is 0 Å². The predicted octanol–water partition coefficient (Wildman–Crippen LogP) is 2.44. The summed E-state index contributed by atoms with van der Waals surface area (Å²) in [6.07, 6.45) is 1.23. The molecule has 0 saturated carbocycles. The number of nitrogens with zero attached hydrogens (tertiary/aromatic N) is 1. The average Bonchev–Trinajstić information content (AvgIpc) is 2.46. The van der Waals surface area contributed by atoms with Crippen molar-refractivity contribution in [2.24, 2.45) is 0 Å². The van der Waals surface area contributed by atoms with E-state index in [9.17, 15) is 12.8 Å². The summed E-state index contributed by atoms with van der Waals surface area (Å²) in [7, 11) is -3.98. The smallest absolute Gasteiger partial charge is 0.241 e. The molecule has 2 rings (SSSR count). The third kappa shape index (κ3) is 3.53. The third-order valence-corrected chi connectivity index (χ3v) is 4.23. The Morgan fingerprint density at radius 3 is 2.65 bits per heavy atom. The minimum absolute atomic E-state index is 0.0447. The van der Waals surface area contributed by atoms with Gasteiger partial charge in [-0.2, -0.15) is 0 Å². The van der Waals surface area contributed by atoms with Crippen molar-refractivity contribution >= 4 is 21.6 Å². The number of hydrogen-bond acceptors (Lipinski definition) is 3. The molecule has 106 valence electrons. The third-order valence-electron chi connectivity index (χ3n) is 2.59. The van der Waals surface area contributed by atoms with E-state index in [4.69, 9.17) is 11.6 Å². The highest BCUT2D eigenvalue weighted by Crippen LogP contribution is 2.12. The minimum Gasteiger partial charge on any atom is -0.241 e. The second kappa shape index (κ2) is 6.30. The Kier molecular flexibility index (Phi) is 4.69. The van der Waals surface area contributed by atoms with E-state index in [2.05, 4.69) is 9.71 Å². The van der Waals surface area contributed by atoms with Crippen LogP contribution in [0, 0.1) is 5.82 Å². The molecule has 1 aromatic carbocycles. The van der Waals surface area contributed by atoms with Crippen LogP contribution >= 0.6 is 11.6 Å². The van der Waals surface area contributed by atoms with E-state index in [0.29, 0.717) is 5.88 Å². The molecule has 1 aromatic heterocycles. The van der Waals surface area contributed by atoms with Crippen molar-refractivity contribution in [1.29, 1.82) is 0 Å². The molecule has 20 heavy (non-hydrogen) atoms. The number of nitrogens with one attached hydrogen (secondary N) is 1. The van der Waals surface area contributed by atoms with Gasteiger partial charge in [0.2, 0.25) is 5.03 Å². The zero-order valence-corrected chi connectivity index (χ0v) is 12.0. The van der Waals surface area contributed by atoms with Crippen LogP contribution in [0.15, 0.2) is 47.6 Å². The van der Waals surface area contributed by atoms with Crippen molar-refractivity contribution in [3.63, 3.8) is 0 Å². The first-order valence-corrected chi connectivity index (χ1v) is 7.78. The van der Waals surface area contributed by atoms with Crippen LogP contribution in [0.1, 0.15) is 11.1 Å². The van der Waals surface area contributed by atoms with Crippen LogP contribution < -0.4 is 4.72 Å². The molecule has 0 atom stereocenters. The van der Waals surface area contributed by atoms with Crippen molar-refractivity contribution in [2.75, 3.05) is 0 Å². The summed E-state index contributed by atoms with van der Waals surface area (Å²) in [5, 5.41) is -0.603. The zero-order valence-electron chi connectivity index (χ0n) is 10.4. The summed E-state index contributed by atoms with van der Waals surface area (Å²) in [4.78, 5) is 3.55. The van der Waals surface area contributed by atoms with E-state index in [0.717, 1.165) is 17.2 Å². The molecule has 2 aromatic rings. The van der Waals surface area contributed by atoms with Gasteiger partial charge in [-0.25, -0.2) is 22.5 Å². The van der Waals surface area contributed by atoms with Gasteiger partial charge in [-0.15, -0.1) is 11.6 Å². The van der Waals surface area contributed by atoms with Crippen molar-refractivity contribution in [1.82, 2.24) is 9.71 Å². The minimum atomic E-state index is -3.98. The fourth-order valence-corrected chi connectivity index (χ4v) is 2.82. The summed E-state index contributed by atoms with van der Waals surface area (Å²) in [5.41, 5.74) is 1.62. The molecule has 1 N–H and O–H groups in total. The summed E-state index contributed by atoms with van der Waals surface area (Å²) in [5.74, 6) is -0.537. The van der Waals surface area contributed by atoms with Gasteiger partial charge in [-0.1, -0.05) is 24.3 Å². The molecule has 0 radical (unpaired) electrons. The van der Waals surface area contributed by atoms with Gasteiger partial charge in [0.05, 0.1) is 0 Å². The lowest BCUT2D eigenvalue weighted by Crippen LogP contribution is -2.25. The molecule has 0 fully saturated rings. The Hall–Kier alpha value is -1.50. The SMILES string of the molecule is O=S(=O)(NCc1cccc(CCl)c1)c1ncccc1F. The second-order valence-corrected chi connectivity index (χ2v) is 6.02. The van der Waals surface area contributed by atoms with Crippen LogP contribution in [0.3, 0.4) is 0 Å². The maximum absolute atomic E-state index is 13.4. The van der Waals surface area contributed by atoms with Crippen LogP contribution in [0.2, 0.25) is 0 Å². The number of aromatic nitrogens is 1. The van der Waals surface area contributed by atoms with E-state index in [1.165, 1.54) is 12.3 Å². The van der Waals surface area contributed by atoms with Crippen molar-refractivity contribution in [3.8, 4) is 0 Å². The van der Waals surface area contributed by atoms with Gasteiger partial charge in [0.15, 0.2) is 5.82 Å². The second-order valence-electron chi connectivity index (χ2n) is 4.07. The number of benzene rings is 1. The Balaban J connectivity index is 2.15. The van der Waals surface area contributed by atoms with Gasteiger partial charge < -0.3 is 0 Å². The van der Waals surface area contributed by atoms with Crippen LogP contribution in [-0.2, 0) is 22.4 Å². The molecule has 0 saturated heterocycles. The lowest BCUT2D eigenvalue weighted by atomic mass is 10.1. The molecule has 0 spiro atoms. The molecular formula is C13H12ClFN2O2S. The quantitative estimate of drug-likeness (QED) is 0.862. The molecule has 0 aliphatic heterocycles. The molecule has 0 aliphatic carbocycles. The number of alkyl halides is 1. The first kappa shape index (κ1) is 14.9. The highest BCUT2D eigenvalue weighted by molar-refractivity contribution is 7.89. The van der Waals surface area contributed by atoms with Crippen LogP contribution in [0.4, 0.5) is 4.39 Å². The highest BCUT2D eigenvalue weighted by atomic mass is 35.5. The van der Waals surface area contributed by atoms with Crippen LogP contribution in [0.25, 0.3) is 0 Å². The van der Waals surface area contributed by atoms with E-state index in [1.54, 1.807) is 18.2 Å². The first-order valence-electron chi connectivity index (χ1n) is 5.77. The summed E-state index contributed by atoms with van der Waals surface area (Å²) >= 11 is 5.71. The standard InChI is InChI=1S/C13H12ClFN2O2S/c14-8-10-3-1-4-11(7-10)9-17-20(18,19)13-12(15)5-2-6-16-13/h1-7,17H,8-9H2. The number of rotatable bonds is 5. The Morgan fingerprint density at radius 2 is 1.95 bits per heavy atom. The topological polar surface area (TPSA) is 59.1 Å². The molecule has 7 heteroatoms. The summed E-state index contributed by atoms with van der Waals surface area (Å²) < 4.78 is 39.6. The highest BCUT2D eigenvalue weighted by Gasteiger charge is 2.19. The van der Waals surface area contributed by atoms with Gasteiger partial charge in [0.1, 0.15) is 0 Å². The molecule has 0 amide bonds. The maximum atomic E-state index is 13.4. The maximum Gasteiger partial charge on any atom is 0.261 e. The fourth-order valence-electron chi connectivity index (χ4n) is 1.64. The monoisotopic (exact) mass is 314 g/mol. The molecular weight excluding hydrogens is 303 g/mol. The van der Waals surface area contributed by atoms with E-state index in [-0.39, 0.29) is 6.54 Å². The normalized spacial score (nSPS) is 11.5. The average molecular weight is 315 g/mol. The summed E-state index contributed by atoms with van der Waals surface area (Å²) in [6.45, 7) is 0.0447. The van der Waals surface area contributed by atoms with Crippen molar-refractivity contribution in [2.45, 2.75) is 17.5 Å². The Labute approximate surface area is 121 Å². The molecule has 0 aliphatic rings. The van der Waals surface area contributed by atoms with Gasteiger partial charge in [-0.3, -0.25) is 0 Å². The predicted molar refractivity (Wildman–Crippen MR) is 74.2 cm³/mol. The molecule has 0 bridgehead atoms. The van der Waals surface area contributed by atoms with Gasteiger partial charge in [0.25, 0.3) is 10.0 Å². The van der Waals surface area contributed by atoms with Gasteiger partial charge in [-0.05, 0) is 23.3 Å². The van der Waals surface area contributed by atoms with Crippen molar-refractivity contribution < 1.29 is 12.8 Å². The van der Waals surface area contributed by atoms with Gasteiger partial charge in [0, 0.05) is 18.6 Å². The Bertz CT molecular complexity index is 707. The zero-order chi connectivity index (χ0) is 14.6. The lowest BCUT2D eigenvalue weighted by molar-refractivity contribution is 0.544. The first-order chi connectivity index (χ1) is 9.53. The van der Waals surface area contributed by atoms with Crippen molar-refractivity contribution in [3.05, 3.63) is 59.5 Å². The molecule has 4 nitrogen and oxygen atoms in total. The molecule has 0 unspecified atom stereocenters. The largest absolute Gasteiger partial charge is 0.261 e. The van der Waals surface area contributed by atoms with E-state index in [1.807, 2.05) is 6.07 Å². The van der Waals surface area contributed by atoms with Crippen LogP contribution in [-0.4, -0.2) is 13.4 Å². The number of sulfonamides is 1. The number of halogens is 2. The Morgan fingerprint density at radius 1 is 1.20 bits per heavy atom. The summed E-state index contributed by atoms with van der Waals surface area (Å²) in [6, 6.07) is 9.54. The molecule has 1 heterocycles.